The van der Waals surface area contributed by atoms with Gasteiger partial charge in [-0.05, 0) is 30.9 Å². The van der Waals surface area contributed by atoms with E-state index in [2.05, 4.69) is 15.2 Å². The number of carbonyl (C=O) groups is 1. The molecule has 1 aromatic heterocycles. The van der Waals surface area contributed by atoms with Crippen molar-refractivity contribution in [2.24, 2.45) is 5.92 Å². The molecule has 2 heterocycles. The quantitative estimate of drug-likeness (QED) is 0.899. The zero-order valence-corrected chi connectivity index (χ0v) is 12.0. The Morgan fingerprint density at radius 2 is 2.10 bits per heavy atom. The predicted molar refractivity (Wildman–Crippen MR) is 78.9 cm³/mol. The second-order valence-corrected chi connectivity index (χ2v) is 5.72. The summed E-state index contributed by atoms with van der Waals surface area (Å²) in [5, 5.41) is 3.04. The highest BCUT2D eigenvalue weighted by Gasteiger charge is 2.28. The number of hydrogen-bond acceptors (Lipinski definition) is 4. The van der Waals surface area contributed by atoms with Crippen LogP contribution in [-0.2, 0) is 0 Å². The molecule has 1 amide bonds. The summed E-state index contributed by atoms with van der Waals surface area (Å²) >= 11 is 0. The molecule has 0 atom stereocenters. The first-order chi connectivity index (χ1) is 9.76. The molecule has 1 aliphatic carbocycles. The second-order valence-electron chi connectivity index (χ2n) is 5.72. The van der Waals surface area contributed by atoms with Crippen LogP contribution in [0.1, 0.15) is 23.3 Å². The summed E-state index contributed by atoms with van der Waals surface area (Å²) in [4.78, 5) is 21.0. The van der Waals surface area contributed by atoms with E-state index in [1.165, 1.54) is 19.4 Å². The maximum atomic E-state index is 12.4. The first-order valence-corrected chi connectivity index (χ1v) is 7.41. The number of piperazine rings is 1. The Morgan fingerprint density at radius 3 is 2.75 bits per heavy atom. The Balaban J connectivity index is 1.57. The van der Waals surface area contributed by atoms with Gasteiger partial charge >= 0.3 is 0 Å². The van der Waals surface area contributed by atoms with Crippen LogP contribution in [0.25, 0.3) is 0 Å². The van der Waals surface area contributed by atoms with Crippen molar-refractivity contribution in [3.63, 3.8) is 0 Å². The van der Waals surface area contributed by atoms with Gasteiger partial charge in [0.2, 0.25) is 0 Å². The molecule has 0 radical (unpaired) electrons. The molecule has 0 aromatic carbocycles. The zero-order chi connectivity index (χ0) is 13.9. The van der Waals surface area contributed by atoms with E-state index in [9.17, 15) is 4.79 Å². The maximum Gasteiger partial charge on any atom is 0.272 e. The molecule has 3 rings (SSSR count). The molecule has 0 unspecified atom stereocenters. The summed E-state index contributed by atoms with van der Waals surface area (Å²) in [6, 6.07) is 3.68. The van der Waals surface area contributed by atoms with Crippen LogP contribution in [0.2, 0.25) is 0 Å². The topological polar surface area (TPSA) is 48.5 Å². The van der Waals surface area contributed by atoms with Gasteiger partial charge in [0.1, 0.15) is 5.69 Å². The van der Waals surface area contributed by atoms with Crippen molar-refractivity contribution in [2.45, 2.75) is 12.8 Å². The van der Waals surface area contributed by atoms with E-state index in [-0.39, 0.29) is 5.91 Å². The van der Waals surface area contributed by atoms with Gasteiger partial charge in [0, 0.05) is 51.7 Å². The molecule has 2 aliphatic rings. The lowest BCUT2D eigenvalue weighted by molar-refractivity contribution is 0.0626. The summed E-state index contributed by atoms with van der Waals surface area (Å²) in [5.41, 5.74) is 1.46. The first kappa shape index (κ1) is 13.4. The molecule has 1 saturated carbocycles. The van der Waals surface area contributed by atoms with Gasteiger partial charge < -0.3 is 10.2 Å². The van der Waals surface area contributed by atoms with Crippen LogP contribution >= 0.6 is 0 Å². The van der Waals surface area contributed by atoms with Gasteiger partial charge in [-0.1, -0.05) is 0 Å². The van der Waals surface area contributed by atoms with Crippen molar-refractivity contribution in [3.05, 3.63) is 24.0 Å². The van der Waals surface area contributed by atoms with Crippen molar-refractivity contribution in [2.75, 3.05) is 45.1 Å². The zero-order valence-electron chi connectivity index (χ0n) is 12.0. The summed E-state index contributed by atoms with van der Waals surface area (Å²) in [7, 11) is 1.85. The van der Waals surface area contributed by atoms with E-state index >= 15 is 0 Å². The Bertz CT molecular complexity index is 479. The fourth-order valence-corrected chi connectivity index (χ4v) is 2.66. The average Bonchev–Trinajstić information content (AvgIpc) is 3.31. The Hall–Kier alpha value is -1.62. The van der Waals surface area contributed by atoms with Crippen LogP contribution in [-0.4, -0.2) is 60.5 Å². The largest absolute Gasteiger partial charge is 0.388 e. The smallest absolute Gasteiger partial charge is 0.272 e. The molecule has 108 valence electrons. The molecular formula is C15H22N4O. The monoisotopic (exact) mass is 274 g/mol. The molecule has 2 fully saturated rings. The number of hydrogen-bond donors (Lipinski definition) is 1. The standard InChI is InChI=1S/C15H22N4O/c1-16-13-4-5-17-14(10-13)15(20)19-8-6-18(7-9-19)11-12-2-3-12/h4-5,10,12H,2-3,6-9,11H2,1H3,(H,16,17). The van der Waals surface area contributed by atoms with E-state index in [4.69, 9.17) is 0 Å². The molecule has 1 saturated heterocycles. The molecule has 0 spiro atoms. The molecular weight excluding hydrogens is 252 g/mol. The van der Waals surface area contributed by atoms with Gasteiger partial charge in [-0.15, -0.1) is 0 Å². The summed E-state index contributed by atoms with van der Waals surface area (Å²) in [6.45, 7) is 4.84. The average molecular weight is 274 g/mol. The molecule has 0 bridgehead atoms. The second kappa shape index (κ2) is 5.79. The minimum Gasteiger partial charge on any atom is -0.388 e. The molecule has 1 N–H and O–H groups in total. The van der Waals surface area contributed by atoms with E-state index < -0.39 is 0 Å². The van der Waals surface area contributed by atoms with Gasteiger partial charge in [-0.3, -0.25) is 14.7 Å². The van der Waals surface area contributed by atoms with Crippen molar-refractivity contribution in [1.29, 1.82) is 0 Å². The first-order valence-electron chi connectivity index (χ1n) is 7.41. The van der Waals surface area contributed by atoms with Gasteiger partial charge in [-0.25, -0.2) is 0 Å². The van der Waals surface area contributed by atoms with Crippen LogP contribution in [0.4, 0.5) is 5.69 Å². The maximum absolute atomic E-state index is 12.4. The van der Waals surface area contributed by atoms with Crippen molar-refractivity contribution in [1.82, 2.24) is 14.8 Å². The van der Waals surface area contributed by atoms with Crippen molar-refractivity contribution >= 4 is 11.6 Å². The van der Waals surface area contributed by atoms with Gasteiger partial charge in [0.15, 0.2) is 0 Å². The van der Waals surface area contributed by atoms with E-state index in [1.807, 2.05) is 24.1 Å². The number of carbonyl (C=O) groups excluding carboxylic acids is 1. The lowest BCUT2D eigenvalue weighted by atomic mass is 10.2. The van der Waals surface area contributed by atoms with Crippen LogP contribution in [0.15, 0.2) is 18.3 Å². The molecule has 5 nitrogen and oxygen atoms in total. The van der Waals surface area contributed by atoms with Gasteiger partial charge in [0.25, 0.3) is 5.91 Å². The number of anilines is 1. The fourth-order valence-electron chi connectivity index (χ4n) is 2.66. The lowest BCUT2D eigenvalue weighted by Gasteiger charge is -2.34. The highest BCUT2D eigenvalue weighted by Crippen LogP contribution is 2.29. The van der Waals surface area contributed by atoms with E-state index in [1.54, 1.807) is 6.20 Å². The highest BCUT2D eigenvalue weighted by atomic mass is 16.2. The van der Waals surface area contributed by atoms with E-state index in [0.29, 0.717) is 5.69 Å². The van der Waals surface area contributed by atoms with E-state index in [0.717, 1.165) is 37.8 Å². The van der Waals surface area contributed by atoms with Crippen LogP contribution in [0.5, 0.6) is 0 Å². The van der Waals surface area contributed by atoms with Crippen LogP contribution in [0.3, 0.4) is 0 Å². The highest BCUT2D eigenvalue weighted by molar-refractivity contribution is 5.93. The van der Waals surface area contributed by atoms with Gasteiger partial charge in [0.05, 0.1) is 0 Å². The Morgan fingerprint density at radius 1 is 1.35 bits per heavy atom. The number of nitrogens with one attached hydrogen (secondary N) is 1. The third-order valence-corrected chi connectivity index (χ3v) is 4.14. The summed E-state index contributed by atoms with van der Waals surface area (Å²) in [6.07, 6.45) is 4.46. The Labute approximate surface area is 120 Å². The fraction of sp³-hybridized carbons (Fsp3) is 0.600. The molecule has 1 aliphatic heterocycles. The molecule has 1 aromatic rings. The predicted octanol–water partition coefficient (Wildman–Crippen LogP) is 1.29. The minimum atomic E-state index is 0.0492. The summed E-state index contributed by atoms with van der Waals surface area (Å²) in [5.74, 6) is 0.972. The number of aromatic nitrogens is 1. The van der Waals surface area contributed by atoms with Crippen molar-refractivity contribution in [3.8, 4) is 0 Å². The van der Waals surface area contributed by atoms with Crippen molar-refractivity contribution < 1.29 is 4.79 Å². The number of rotatable bonds is 4. The lowest BCUT2D eigenvalue weighted by Crippen LogP contribution is -2.49. The van der Waals surface area contributed by atoms with Crippen LogP contribution in [0, 0.1) is 5.92 Å². The number of nitrogens with zero attached hydrogens (tertiary/aromatic N) is 3. The Kier molecular flexibility index (Phi) is 3.87. The third kappa shape index (κ3) is 3.10. The number of pyridine rings is 1. The minimum absolute atomic E-state index is 0.0492. The molecule has 5 heteroatoms. The SMILES string of the molecule is CNc1ccnc(C(=O)N2CCN(CC3CC3)CC2)c1. The summed E-state index contributed by atoms with van der Waals surface area (Å²) < 4.78 is 0. The normalized spacial score (nSPS) is 19.9. The number of amides is 1. The third-order valence-electron chi connectivity index (χ3n) is 4.14. The molecule has 20 heavy (non-hydrogen) atoms. The van der Waals surface area contributed by atoms with Crippen LogP contribution < -0.4 is 5.32 Å². The van der Waals surface area contributed by atoms with Gasteiger partial charge in [-0.2, -0.15) is 0 Å².